The maximum atomic E-state index is 12.9. The maximum Gasteiger partial charge on any atom is 0.306 e. The zero-order chi connectivity index (χ0) is 59.2. The molecule has 1 unspecified atom stereocenters. The van der Waals surface area contributed by atoms with Gasteiger partial charge in [0.05, 0.1) is 0 Å². The second kappa shape index (κ2) is 70.6. The van der Waals surface area contributed by atoms with Gasteiger partial charge in [-0.3, -0.25) is 14.4 Å². The molecular formula is C76H138O6. The third-order valence-electron chi connectivity index (χ3n) is 16.2. The third kappa shape index (κ3) is 67.9. The quantitative estimate of drug-likeness (QED) is 0.0261. The first-order valence-corrected chi connectivity index (χ1v) is 36.3. The summed E-state index contributed by atoms with van der Waals surface area (Å²) in [4.78, 5) is 38.4. The van der Waals surface area contributed by atoms with Gasteiger partial charge in [-0.1, -0.05) is 338 Å². The van der Waals surface area contributed by atoms with Gasteiger partial charge in [0.1, 0.15) is 13.2 Å². The minimum Gasteiger partial charge on any atom is -0.462 e. The Labute approximate surface area is 510 Å². The van der Waals surface area contributed by atoms with E-state index in [4.69, 9.17) is 14.2 Å². The molecule has 0 rings (SSSR count). The van der Waals surface area contributed by atoms with E-state index >= 15 is 0 Å². The molecule has 0 spiro atoms. The highest BCUT2D eigenvalue weighted by atomic mass is 16.6. The van der Waals surface area contributed by atoms with Crippen molar-refractivity contribution in [3.8, 4) is 0 Å². The van der Waals surface area contributed by atoms with Gasteiger partial charge in [0.2, 0.25) is 0 Å². The Bertz CT molecular complexity index is 1460. The third-order valence-corrected chi connectivity index (χ3v) is 16.2. The Morgan fingerprint density at radius 2 is 0.439 bits per heavy atom. The van der Waals surface area contributed by atoms with Gasteiger partial charge >= 0.3 is 17.9 Å². The van der Waals surface area contributed by atoms with Crippen LogP contribution in [0.4, 0.5) is 0 Å². The zero-order valence-electron chi connectivity index (χ0n) is 55.0. The molecule has 0 saturated carbocycles. The van der Waals surface area contributed by atoms with Crippen molar-refractivity contribution >= 4 is 17.9 Å². The van der Waals surface area contributed by atoms with E-state index in [9.17, 15) is 14.4 Å². The highest BCUT2D eigenvalue weighted by Gasteiger charge is 2.19. The lowest BCUT2D eigenvalue weighted by Gasteiger charge is -2.18. The standard InChI is InChI=1S/C76H138O6/c1-4-7-10-13-16-19-22-25-27-29-31-32-33-34-35-36-37-38-39-40-41-42-43-44-46-47-49-51-54-57-60-63-66-69-75(78)81-72-73(71-80-74(77)68-65-62-59-56-53-24-21-18-15-12-9-6-3)82-76(79)70-67-64-61-58-55-52-50-48-45-30-28-26-23-20-17-14-11-8-5-2/h17,20,22,25-26,28-29,31,45,48,73H,4-16,18-19,21,23-24,27,30,32-44,46-47,49-72H2,1-3H3/b20-17-,25-22-,28-26-,31-29-,48-45-. The van der Waals surface area contributed by atoms with Gasteiger partial charge in [-0.15, -0.1) is 0 Å². The Balaban J connectivity index is 4.13. The van der Waals surface area contributed by atoms with Crippen LogP contribution >= 0.6 is 0 Å². The van der Waals surface area contributed by atoms with E-state index in [-0.39, 0.29) is 31.1 Å². The van der Waals surface area contributed by atoms with Crippen LogP contribution in [0.5, 0.6) is 0 Å². The molecule has 0 aromatic heterocycles. The fourth-order valence-corrected chi connectivity index (χ4v) is 10.8. The summed E-state index contributed by atoms with van der Waals surface area (Å²) in [6, 6.07) is 0. The highest BCUT2D eigenvalue weighted by molar-refractivity contribution is 5.71. The molecule has 0 radical (unpaired) electrons. The molecule has 478 valence electrons. The van der Waals surface area contributed by atoms with Crippen molar-refractivity contribution in [3.05, 3.63) is 60.8 Å². The zero-order valence-corrected chi connectivity index (χ0v) is 55.0. The molecule has 6 nitrogen and oxygen atoms in total. The molecule has 6 heteroatoms. The monoisotopic (exact) mass is 1150 g/mol. The predicted octanol–water partition coefficient (Wildman–Crippen LogP) is 25.1. The normalized spacial score (nSPS) is 12.4. The van der Waals surface area contributed by atoms with Crippen LogP contribution in [0.1, 0.15) is 387 Å². The van der Waals surface area contributed by atoms with E-state index in [1.807, 2.05) is 0 Å². The Hall–Kier alpha value is -2.89. The van der Waals surface area contributed by atoms with E-state index in [2.05, 4.69) is 81.5 Å². The number of ether oxygens (including phenoxy) is 3. The fourth-order valence-electron chi connectivity index (χ4n) is 10.8. The fraction of sp³-hybridized carbons (Fsp3) is 0.829. The Morgan fingerprint density at radius 3 is 0.707 bits per heavy atom. The van der Waals surface area contributed by atoms with Crippen molar-refractivity contribution in [2.75, 3.05) is 13.2 Å². The number of carbonyl (C=O) groups excluding carboxylic acids is 3. The molecule has 0 aliphatic heterocycles. The van der Waals surface area contributed by atoms with Gasteiger partial charge in [-0.05, 0) is 89.9 Å². The molecule has 0 aromatic carbocycles. The lowest BCUT2D eigenvalue weighted by molar-refractivity contribution is -0.167. The van der Waals surface area contributed by atoms with Crippen LogP contribution in [0.25, 0.3) is 0 Å². The van der Waals surface area contributed by atoms with Gasteiger partial charge in [-0.2, -0.15) is 0 Å². The highest BCUT2D eigenvalue weighted by Crippen LogP contribution is 2.18. The van der Waals surface area contributed by atoms with Gasteiger partial charge in [0.25, 0.3) is 0 Å². The number of carbonyl (C=O) groups is 3. The average molecular weight is 1150 g/mol. The first-order chi connectivity index (χ1) is 40.5. The van der Waals surface area contributed by atoms with Crippen LogP contribution in [0.2, 0.25) is 0 Å². The number of rotatable bonds is 67. The first kappa shape index (κ1) is 79.1. The summed E-state index contributed by atoms with van der Waals surface area (Å²) < 4.78 is 17.0. The number of hydrogen-bond donors (Lipinski definition) is 0. The molecule has 0 fully saturated rings. The summed E-state index contributed by atoms with van der Waals surface area (Å²) in [5.74, 6) is -0.863. The minimum absolute atomic E-state index is 0.0744. The topological polar surface area (TPSA) is 78.9 Å². The van der Waals surface area contributed by atoms with E-state index in [1.54, 1.807) is 0 Å². The Kier molecular flexibility index (Phi) is 68.1. The summed E-state index contributed by atoms with van der Waals surface area (Å²) in [5.41, 5.74) is 0. The molecule has 0 N–H and O–H groups in total. The van der Waals surface area contributed by atoms with Crippen LogP contribution in [0.15, 0.2) is 60.8 Å². The number of unbranched alkanes of at least 4 members (excludes halogenated alkanes) is 46. The average Bonchev–Trinajstić information content (AvgIpc) is 3.47. The number of esters is 3. The molecular weight excluding hydrogens is 1010 g/mol. The van der Waals surface area contributed by atoms with Crippen LogP contribution in [-0.2, 0) is 28.6 Å². The molecule has 0 bridgehead atoms. The molecule has 0 heterocycles. The van der Waals surface area contributed by atoms with Crippen molar-refractivity contribution in [2.24, 2.45) is 0 Å². The molecule has 0 aliphatic rings. The van der Waals surface area contributed by atoms with E-state index in [0.717, 1.165) is 83.5 Å². The van der Waals surface area contributed by atoms with E-state index in [1.165, 1.54) is 263 Å². The van der Waals surface area contributed by atoms with E-state index in [0.29, 0.717) is 19.3 Å². The van der Waals surface area contributed by atoms with Crippen molar-refractivity contribution < 1.29 is 28.6 Å². The maximum absolute atomic E-state index is 12.9. The largest absolute Gasteiger partial charge is 0.462 e. The smallest absolute Gasteiger partial charge is 0.306 e. The van der Waals surface area contributed by atoms with Crippen LogP contribution in [-0.4, -0.2) is 37.2 Å². The van der Waals surface area contributed by atoms with Gasteiger partial charge < -0.3 is 14.2 Å². The molecule has 82 heavy (non-hydrogen) atoms. The lowest BCUT2D eigenvalue weighted by Crippen LogP contribution is -2.30. The second-order valence-corrected chi connectivity index (χ2v) is 24.5. The van der Waals surface area contributed by atoms with Gasteiger partial charge in [-0.25, -0.2) is 0 Å². The summed E-state index contributed by atoms with van der Waals surface area (Å²) in [5, 5.41) is 0. The van der Waals surface area contributed by atoms with Gasteiger partial charge in [0, 0.05) is 19.3 Å². The molecule has 0 aliphatic carbocycles. The Morgan fingerprint density at radius 1 is 0.244 bits per heavy atom. The van der Waals surface area contributed by atoms with Crippen molar-refractivity contribution in [1.29, 1.82) is 0 Å². The number of hydrogen-bond acceptors (Lipinski definition) is 6. The minimum atomic E-state index is -0.779. The van der Waals surface area contributed by atoms with Crippen LogP contribution < -0.4 is 0 Å². The molecule has 1 atom stereocenters. The number of allylic oxidation sites excluding steroid dienone is 10. The van der Waals surface area contributed by atoms with E-state index < -0.39 is 6.10 Å². The predicted molar refractivity (Wildman–Crippen MR) is 358 cm³/mol. The van der Waals surface area contributed by atoms with Crippen LogP contribution in [0, 0.1) is 0 Å². The van der Waals surface area contributed by atoms with Crippen LogP contribution in [0.3, 0.4) is 0 Å². The van der Waals surface area contributed by atoms with Crippen molar-refractivity contribution in [2.45, 2.75) is 393 Å². The second-order valence-electron chi connectivity index (χ2n) is 24.5. The molecule has 0 aromatic rings. The van der Waals surface area contributed by atoms with Crippen molar-refractivity contribution in [3.63, 3.8) is 0 Å². The summed E-state index contributed by atoms with van der Waals surface area (Å²) in [7, 11) is 0. The molecule has 0 saturated heterocycles. The summed E-state index contributed by atoms with van der Waals surface area (Å²) in [6.45, 7) is 6.64. The van der Waals surface area contributed by atoms with Crippen molar-refractivity contribution in [1.82, 2.24) is 0 Å². The molecule has 0 amide bonds. The summed E-state index contributed by atoms with van der Waals surface area (Å²) >= 11 is 0. The summed E-state index contributed by atoms with van der Waals surface area (Å²) in [6.07, 6.45) is 91.2. The SMILES string of the molecule is CCCCC/C=C\C/C=C\C/C=C\CCCCCCCCC(=O)OC(COC(=O)CCCCCCCCCCCCCC)COC(=O)CCCCCCCCCCCCCCCCCCCCCCC/C=C\C/C=C\CCCCCCC. The first-order valence-electron chi connectivity index (χ1n) is 36.3. The van der Waals surface area contributed by atoms with Gasteiger partial charge in [0.15, 0.2) is 6.10 Å². The lowest BCUT2D eigenvalue weighted by atomic mass is 10.0.